The van der Waals surface area contributed by atoms with Gasteiger partial charge < -0.3 is 0 Å². The van der Waals surface area contributed by atoms with Crippen LogP contribution >= 0.6 is 31.9 Å². The standard InChI is InChI=1S/C20H17Br2F/c1-12(2)17-10-14-4-3-5-16(13-6-8-15(23)9-7-13)20(14)18(17)11-19(21)22/h3-4,6-12H,5H2,1-2H3. The summed E-state index contributed by atoms with van der Waals surface area (Å²) in [5.74, 6) is 0.240. The zero-order valence-electron chi connectivity index (χ0n) is 13.0. The summed E-state index contributed by atoms with van der Waals surface area (Å²) in [6, 6.07) is 6.80. The molecule has 0 aromatic heterocycles. The van der Waals surface area contributed by atoms with E-state index in [1.807, 2.05) is 12.1 Å². The lowest BCUT2D eigenvalue weighted by Gasteiger charge is -2.18. The van der Waals surface area contributed by atoms with Crippen LogP contribution in [0.3, 0.4) is 0 Å². The first-order valence-electron chi connectivity index (χ1n) is 7.62. The van der Waals surface area contributed by atoms with Crippen molar-refractivity contribution in [3.8, 4) is 0 Å². The number of benzene rings is 1. The Balaban J connectivity index is 2.22. The second kappa shape index (κ2) is 6.74. The first-order valence-corrected chi connectivity index (χ1v) is 9.21. The van der Waals surface area contributed by atoms with E-state index in [2.05, 4.69) is 70.0 Å². The van der Waals surface area contributed by atoms with Crippen LogP contribution < -0.4 is 0 Å². The van der Waals surface area contributed by atoms with Gasteiger partial charge >= 0.3 is 0 Å². The van der Waals surface area contributed by atoms with Gasteiger partial charge in [0, 0.05) is 0 Å². The topological polar surface area (TPSA) is 0 Å². The van der Waals surface area contributed by atoms with E-state index in [-0.39, 0.29) is 5.82 Å². The van der Waals surface area contributed by atoms with Gasteiger partial charge in [-0.1, -0.05) is 44.2 Å². The number of fused-ring (bicyclic) bond motifs is 1. The van der Waals surface area contributed by atoms with Crippen LogP contribution in [0.2, 0.25) is 0 Å². The Morgan fingerprint density at radius 1 is 1.17 bits per heavy atom. The van der Waals surface area contributed by atoms with Gasteiger partial charge in [-0.05, 0) is 95.8 Å². The molecular weight excluding hydrogens is 419 g/mol. The van der Waals surface area contributed by atoms with Gasteiger partial charge in [0.15, 0.2) is 0 Å². The Labute approximate surface area is 153 Å². The zero-order chi connectivity index (χ0) is 16.6. The van der Waals surface area contributed by atoms with Gasteiger partial charge in [0.2, 0.25) is 0 Å². The average molecular weight is 436 g/mol. The molecule has 0 nitrogen and oxygen atoms in total. The molecule has 118 valence electrons. The third-order valence-electron chi connectivity index (χ3n) is 4.17. The van der Waals surface area contributed by atoms with Gasteiger partial charge in [-0.15, -0.1) is 0 Å². The average Bonchev–Trinajstić information content (AvgIpc) is 2.86. The summed E-state index contributed by atoms with van der Waals surface area (Å²) < 4.78 is 14.2. The Bertz CT molecular complexity index is 783. The van der Waals surface area contributed by atoms with Crippen LogP contribution in [-0.2, 0) is 0 Å². The number of halogens is 3. The van der Waals surface area contributed by atoms with Gasteiger partial charge in [0.25, 0.3) is 0 Å². The van der Waals surface area contributed by atoms with Crippen molar-refractivity contribution >= 4 is 37.4 Å². The highest BCUT2D eigenvalue weighted by Gasteiger charge is 2.26. The lowest BCUT2D eigenvalue weighted by Crippen LogP contribution is -1.99. The molecule has 0 radical (unpaired) electrons. The summed E-state index contributed by atoms with van der Waals surface area (Å²) in [5.41, 5.74) is 7.41. The van der Waals surface area contributed by atoms with Crippen LogP contribution in [0.1, 0.15) is 25.8 Å². The summed E-state index contributed by atoms with van der Waals surface area (Å²) in [6.07, 6.45) is 9.63. The van der Waals surface area contributed by atoms with E-state index >= 15 is 0 Å². The Kier molecular flexibility index (Phi) is 4.88. The van der Waals surface area contributed by atoms with E-state index in [1.165, 1.54) is 40.0 Å². The van der Waals surface area contributed by atoms with Crippen LogP contribution in [0.5, 0.6) is 0 Å². The lowest BCUT2D eigenvalue weighted by molar-refractivity contribution is 0.627. The van der Waals surface area contributed by atoms with Crippen molar-refractivity contribution < 1.29 is 4.39 Å². The smallest absolute Gasteiger partial charge is 0.123 e. The van der Waals surface area contributed by atoms with Crippen molar-refractivity contribution in [1.29, 1.82) is 0 Å². The Morgan fingerprint density at radius 3 is 2.48 bits per heavy atom. The maximum absolute atomic E-state index is 13.3. The SMILES string of the molecule is CC(C)C1=C(C=C(Br)Br)C2=C(c3ccc(F)cc3)CC=CC2=C1. The Morgan fingerprint density at radius 2 is 1.87 bits per heavy atom. The molecule has 2 aliphatic carbocycles. The summed E-state index contributed by atoms with van der Waals surface area (Å²) in [5, 5.41) is 0. The van der Waals surface area contributed by atoms with Gasteiger partial charge in [-0.2, -0.15) is 0 Å². The molecule has 0 fully saturated rings. The van der Waals surface area contributed by atoms with E-state index < -0.39 is 0 Å². The van der Waals surface area contributed by atoms with Crippen LogP contribution in [0.15, 0.2) is 74.3 Å². The highest BCUT2D eigenvalue weighted by atomic mass is 79.9. The van der Waals surface area contributed by atoms with Crippen molar-refractivity contribution in [3.05, 3.63) is 85.6 Å². The van der Waals surface area contributed by atoms with Crippen LogP contribution in [0.25, 0.3) is 5.57 Å². The van der Waals surface area contributed by atoms with Crippen LogP contribution in [0, 0.1) is 11.7 Å². The van der Waals surface area contributed by atoms with Gasteiger partial charge in [0.1, 0.15) is 5.82 Å². The fourth-order valence-corrected chi connectivity index (χ4v) is 3.60. The minimum atomic E-state index is -0.199. The molecule has 0 spiro atoms. The van der Waals surface area contributed by atoms with Crippen molar-refractivity contribution in [2.24, 2.45) is 5.92 Å². The van der Waals surface area contributed by atoms with Gasteiger partial charge in [-0.3, -0.25) is 0 Å². The molecule has 0 amide bonds. The summed E-state index contributed by atoms with van der Waals surface area (Å²) >= 11 is 6.99. The molecule has 0 saturated carbocycles. The molecule has 0 bridgehead atoms. The first-order chi connectivity index (χ1) is 11.0. The summed E-state index contributed by atoms with van der Waals surface area (Å²) in [6.45, 7) is 4.42. The first kappa shape index (κ1) is 16.7. The van der Waals surface area contributed by atoms with Gasteiger partial charge in [-0.25, -0.2) is 4.39 Å². The molecule has 0 unspecified atom stereocenters. The fourth-order valence-electron chi connectivity index (χ4n) is 3.15. The van der Waals surface area contributed by atoms with Crippen molar-refractivity contribution in [2.75, 3.05) is 0 Å². The molecule has 0 heterocycles. The highest BCUT2D eigenvalue weighted by Crippen LogP contribution is 2.45. The van der Waals surface area contributed by atoms with Crippen LogP contribution in [-0.4, -0.2) is 0 Å². The number of hydrogen-bond donors (Lipinski definition) is 0. The minimum absolute atomic E-state index is 0.199. The van der Waals surface area contributed by atoms with E-state index in [4.69, 9.17) is 0 Å². The molecular formula is C20H17Br2F. The number of allylic oxidation sites excluding steroid dienone is 9. The molecule has 2 aliphatic rings. The molecule has 1 aromatic rings. The molecule has 1 aromatic carbocycles. The van der Waals surface area contributed by atoms with E-state index in [9.17, 15) is 4.39 Å². The maximum Gasteiger partial charge on any atom is 0.123 e. The van der Waals surface area contributed by atoms with E-state index in [0.29, 0.717) is 5.92 Å². The predicted octanol–water partition coefficient (Wildman–Crippen LogP) is 7.06. The summed E-state index contributed by atoms with van der Waals surface area (Å²) in [4.78, 5) is 0. The normalized spacial score (nSPS) is 16.9. The molecule has 23 heavy (non-hydrogen) atoms. The van der Waals surface area contributed by atoms with Crippen molar-refractivity contribution in [3.63, 3.8) is 0 Å². The molecule has 0 saturated heterocycles. The van der Waals surface area contributed by atoms with E-state index in [0.717, 1.165) is 15.4 Å². The van der Waals surface area contributed by atoms with Crippen molar-refractivity contribution in [1.82, 2.24) is 0 Å². The van der Waals surface area contributed by atoms with E-state index in [1.54, 1.807) is 0 Å². The highest BCUT2D eigenvalue weighted by molar-refractivity contribution is 9.28. The predicted molar refractivity (Wildman–Crippen MR) is 103 cm³/mol. The second-order valence-electron chi connectivity index (χ2n) is 6.02. The third-order valence-corrected chi connectivity index (χ3v) is 4.63. The second-order valence-corrected chi connectivity index (χ2v) is 8.80. The quantitative estimate of drug-likeness (QED) is 0.476. The van der Waals surface area contributed by atoms with Gasteiger partial charge in [0.05, 0.1) is 3.39 Å². The molecule has 0 aliphatic heterocycles. The fraction of sp³-hybridized carbons (Fsp3) is 0.200. The van der Waals surface area contributed by atoms with Crippen molar-refractivity contribution in [2.45, 2.75) is 20.3 Å². The largest absolute Gasteiger partial charge is 0.207 e. The minimum Gasteiger partial charge on any atom is -0.207 e. The lowest BCUT2D eigenvalue weighted by atomic mass is 9.86. The molecule has 0 N–H and O–H groups in total. The molecule has 3 heteroatoms. The summed E-state index contributed by atoms with van der Waals surface area (Å²) in [7, 11) is 0. The maximum atomic E-state index is 13.3. The monoisotopic (exact) mass is 434 g/mol. The third kappa shape index (κ3) is 3.36. The Hall–Kier alpha value is -1.19. The molecule has 3 rings (SSSR count). The zero-order valence-corrected chi connectivity index (χ0v) is 16.2. The molecule has 0 atom stereocenters. The number of rotatable bonds is 3. The van der Waals surface area contributed by atoms with Crippen LogP contribution in [0.4, 0.5) is 4.39 Å². The number of hydrogen-bond acceptors (Lipinski definition) is 0.